The van der Waals surface area contributed by atoms with Crippen LogP contribution in [-0.2, 0) is 15.2 Å². The van der Waals surface area contributed by atoms with E-state index in [1.807, 2.05) is 18.2 Å². The summed E-state index contributed by atoms with van der Waals surface area (Å²) in [5.74, 6) is 0. The summed E-state index contributed by atoms with van der Waals surface area (Å²) in [6.07, 6.45) is 0. The molecule has 0 atom stereocenters. The van der Waals surface area contributed by atoms with Gasteiger partial charge in [0, 0.05) is 3.57 Å². The number of rotatable bonds is 3. The van der Waals surface area contributed by atoms with E-state index in [1.54, 1.807) is 6.07 Å². The van der Waals surface area contributed by atoms with Crippen LogP contribution in [0.5, 0.6) is 0 Å². The van der Waals surface area contributed by atoms with E-state index in [-0.39, 0.29) is 0 Å². The molecule has 0 amide bonds. The summed E-state index contributed by atoms with van der Waals surface area (Å²) in [5, 5.41) is 0. The highest BCUT2D eigenvalue weighted by atomic mass is 127. The van der Waals surface area contributed by atoms with Gasteiger partial charge < -0.3 is 0 Å². The van der Waals surface area contributed by atoms with Crippen LogP contribution in [0.4, 0.5) is 0 Å². The average Bonchev–Trinajstić information content (AvgIpc) is 2.01. The molecule has 0 aliphatic rings. The summed E-state index contributed by atoms with van der Waals surface area (Å²) in [4.78, 5) is 0. The largest absolute Gasteiger partial charge is 0.261 e. The lowest BCUT2D eigenvalue weighted by Crippen LogP contribution is -1.87. The third-order valence-corrected chi connectivity index (χ3v) is 2.07. The van der Waals surface area contributed by atoms with Crippen molar-refractivity contribution in [2.45, 2.75) is 0 Å². The van der Waals surface area contributed by atoms with Crippen molar-refractivity contribution >= 4 is 33.6 Å². The van der Waals surface area contributed by atoms with E-state index in [9.17, 15) is 8.42 Å². The molecule has 0 N–H and O–H groups in total. The van der Waals surface area contributed by atoms with Crippen molar-refractivity contribution in [3.8, 4) is 0 Å². The Morgan fingerprint density at radius 3 is 2.75 bits per heavy atom. The molecule has 1 radical (unpaired) electrons. The van der Waals surface area contributed by atoms with Crippen LogP contribution in [0.15, 0.2) is 24.3 Å². The number of hydrogen-bond donors (Lipinski definition) is 1. The molecule has 1 aromatic carbocycles. The SMILES string of the molecule is O=[SH](=O)O[CH]c1cccc(I)c1. The molecule has 0 aromatic heterocycles. The molecule has 0 aliphatic carbocycles. The topological polar surface area (TPSA) is 43.4 Å². The molecular formula is C7H6IO3S. The van der Waals surface area contributed by atoms with Gasteiger partial charge in [0.05, 0.1) is 0 Å². The van der Waals surface area contributed by atoms with Crippen LogP contribution in [0, 0.1) is 10.2 Å². The first-order valence-corrected chi connectivity index (χ1v) is 5.26. The zero-order valence-electron chi connectivity index (χ0n) is 5.94. The van der Waals surface area contributed by atoms with Crippen molar-refractivity contribution in [3.05, 3.63) is 40.0 Å². The fourth-order valence-corrected chi connectivity index (χ4v) is 1.46. The predicted octanol–water partition coefficient (Wildman–Crippen LogP) is 1.34. The Labute approximate surface area is 86.0 Å². The number of hydrogen-bond acceptors (Lipinski definition) is 3. The smallest absolute Gasteiger partial charge is 0.257 e. The van der Waals surface area contributed by atoms with Crippen molar-refractivity contribution in [1.82, 2.24) is 0 Å². The molecule has 3 nitrogen and oxygen atoms in total. The minimum atomic E-state index is -2.79. The normalized spacial score (nSPS) is 10.5. The third kappa shape index (κ3) is 3.51. The number of thiol groups is 1. The second-order valence-electron chi connectivity index (χ2n) is 2.00. The van der Waals surface area contributed by atoms with Gasteiger partial charge in [0.15, 0.2) is 0 Å². The Kier molecular flexibility index (Phi) is 3.96. The van der Waals surface area contributed by atoms with Gasteiger partial charge in [-0.3, -0.25) is 4.18 Å². The van der Waals surface area contributed by atoms with Gasteiger partial charge in [-0.05, 0) is 40.3 Å². The standard InChI is InChI=1S/C7H6IO3S/c8-7-3-1-2-6(4-7)5-11-12(9)10/h1-5,12H. The van der Waals surface area contributed by atoms with Gasteiger partial charge in [-0.1, -0.05) is 12.1 Å². The minimum absolute atomic E-state index is 0.737. The fraction of sp³-hybridized carbons (Fsp3) is 0. The van der Waals surface area contributed by atoms with Crippen LogP contribution in [0.3, 0.4) is 0 Å². The number of halogens is 1. The van der Waals surface area contributed by atoms with Gasteiger partial charge in [-0.15, -0.1) is 0 Å². The second-order valence-corrected chi connectivity index (χ2v) is 3.91. The maximum Gasteiger partial charge on any atom is 0.257 e. The van der Waals surface area contributed by atoms with E-state index in [4.69, 9.17) is 0 Å². The molecule has 0 spiro atoms. The molecule has 1 rings (SSSR count). The van der Waals surface area contributed by atoms with Crippen LogP contribution in [0.1, 0.15) is 5.56 Å². The molecule has 12 heavy (non-hydrogen) atoms. The zero-order valence-corrected chi connectivity index (χ0v) is 8.99. The monoisotopic (exact) mass is 297 g/mol. The van der Waals surface area contributed by atoms with Crippen LogP contribution in [-0.4, -0.2) is 8.42 Å². The lowest BCUT2D eigenvalue weighted by atomic mass is 10.2. The van der Waals surface area contributed by atoms with E-state index in [0.717, 1.165) is 9.13 Å². The molecule has 0 fully saturated rings. The Bertz CT molecular complexity index is 327. The second kappa shape index (κ2) is 4.78. The van der Waals surface area contributed by atoms with Crippen molar-refractivity contribution in [2.24, 2.45) is 0 Å². The Morgan fingerprint density at radius 2 is 2.17 bits per heavy atom. The molecule has 0 aliphatic heterocycles. The van der Waals surface area contributed by atoms with Crippen LogP contribution in [0.25, 0.3) is 0 Å². The quantitative estimate of drug-likeness (QED) is 0.676. The van der Waals surface area contributed by atoms with Crippen LogP contribution < -0.4 is 0 Å². The van der Waals surface area contributed by atoms with Crippen LogP contribution in [0.2, 0.25) is 0 Å². The Balaban J connectivity index is 2.63. The first kappa shape index (κ1) is 9.94. The molecule has 0 saturated carbocycles. The highest BCUT2D eigenvalue weighted by Gasteiger charge is 1.94. The van der Waals surface area contributed by atoms with Gasteiger partial charge in [-0.2, -0.15) is 0 Å². The molecule has 0 unspecified atom stereocenters. The first-order valence-electron chi connectivity index (χ1n) is 3.08. The first-order chi connectivity index (χ1) is 5.68. The van der Waals surface area contributed by atoms with E-state index in [0.29, 0.717) is 0 Å². The molecule has 0 saturated heterocycles. The van der Waals surface area contributed by atoms with E-state index in [1.165, 1.54) is 6.61 Å². The maximum atomic E-state index is 10.0. The van der Waals surface area contributed by atoms with E-state index >= 15 is 0 Å². The third-order valence-electron chi connectivity index (χ3n) is 1.12. The summed E-state index contributed by atoms with van der Waals surface area (Å²) in [6, 6.07) is 7.32. The highest BCUT2D eigenvalue weighted by molar-refractivity contribution is 14.1. The highest BCUT2D eigenvalue weighted by Crippen LogP contribution is 2.09. The van der Waals surface area contributed by atoms with Crippen molar-refractivity contribution < 1.29 is 12.6 Å². The van der Waals surface area contributed by atoms with Gasteiger partial charge >= 0.3 is 0 Å². The van der Waals surface area contributed by atoms with Gasteiger partial charge in [0.2, 0.25) is 0 Å². The lowest BCUT2D eigenvalue weighted by molar-refractivity contribution is 0.429. The fourth-order valence-electron chi connectivity index (χ4n) is 0.684. The average molecular weight is 297 g/mol. The van der Waals surface area contributed by atoms with E-state index < -0.39 is 11.0 Å². The minimum Gasteiger partial charge on any atom is -0.261 e. The Hall–Kier alpha value is -0.140. The predicted molar refractivity (Wildman–Crippen MR) is 54.0 cm³/mol. The summed E-state index contributed by atoms with van der Waals surface area (Å²) in [7, 11) is -2.79. The molecule has 0 heterocycles. The van der Waals surface area contributed by atoms with Gasteiger partial charge in [0.25, 0.3) is 11.0 Å². The van der Waals surface area contributed by atoms with Gasteiger partial charge in [-0.25, -0.2) is 8.42 Å². The molecular weight excluding hydrogens is 291 g/mol. The summed E-state index contributed by atoms with van der Waals surface area (Å²) < 4.78 is 25.4. The lowest BCUT2D eigenvalue weighted by Gasteiger charge is -1.96. The van der Waals surface area contributed by atoms with Gasteiger partial charge in [0.1, 0.15) is 6.61 Å². The summed E-state index contributed by atoms with van der Waals surface area (Å²) in [6.45, 7) is 1.20. The molecule has 5 heteroatoms. The maximum absolute atomic E-state index is 10.0. The number of benzene rings is 1. The zero-order chi connectivity index (χ0) is 8.97. The molecule has 65 valence electrons. The van der Waals surface area contributed by atoms with Crippen molar-refractivity contribution in [2.75, 3.05) is 0 Å². The van der Waals surface area contributed by atoms with Crippen molar-refractivity contribution in [3.63, 3.8) is 0 Å². The Morgan fingerprint density at radius 1 is 1.42 bits per heavy atom. The van der Waals surface area contributed by atoms with E-state index in [2.05, 4.69) is 26.8 Å². The molecule has 1 aromatic rings. The molecule has 0 bridgehead atoms. The van der Waals surface area contributed by atoms with Crippen LogP contribution >= 0.6 is 22.6 Å². The van der Waals surface area contributed by atoms with Crippen molar-refractivity contribution in [1.29, 1.82) is 0 Å². The summed E-state index contributed by atoms with van der Waals surface area (Å²) in [5.41, 5.74) is 0.737. The summed E-state index contributed by atoms with van der Waals surface area (Å²) >= 11 is 2.14.